The van der Waals surface area contributed by atoms with Gasteiger partial charge in [-0.05, 0) is 165 Å². The van der Waals surface area contributed by atoms with E-state index in [-0.39, 0.29) is 217 Å². The second-order valence-electron chi connectivity index (χ2n) is 24.9. The summed E-state index contributed by atoms with van der Waals surface area (Å²) in [5, 5.41) is 45.8. The number of nitrogens with zero attached hydrogens (tertiary/aromatic N) is 15. The number of carboxylic acid groups (broad SMARTS) is 1. The molecular formula is C80H110B2Br4Cl4F9N19O14V2-2. The van der Waals surface area contributed by atoms with E-state index in [1.54, 1.807) is 101 Å². The van der Waals surface area contributed by atoms with Gasteiger partial charge in [0.2, 0.25) is 5.15 Å². The van der Waals surface area contributed by atoms with E-state index < -0.39 is 36.9 Å². The molecule has 10 aromatic heterocycles. The number of imidazole rings is 3. The molecule has 1 fully saturated rings. The van der Waals surface area contributed by atoms with Crippen molar-refractivity contribution in [2.24, 2.45) is 41.0 Å². The van der Waals surface area contributed by atoms with Crippen LogP contribution in [-0.4, -0.2) is 157 Å². The Kier molecular flexibility index (Phi) is 66.1. The number of aromatic amines is 1. The van der Waals surface area contributed by atoms with Crippen molar-refractivity contribution >= 4 is 193 Å². The average Bonchev–Trinajstić information content (AvgIpc) is 1.58. The van der Waals surface area contributed by atoms with Crippen molar-refractivity contribution in [2.75, 3.05) is 25.1 Å². The van der Waals surface area contributed by atoms with Crippen molar-refractivity contribution < 1.29 is 125 Å². The van der Waals surface area contributed by atoms with Crippen molar-refractivity contribution in [3.8, 4) is 39.8 Å². The van der Waals surface area contributed by atoms with Crippen LogP contribution < -0.4 is 58.6 Å². The summed E-state index contributed by atoms with van der Waals surface area (Å²) in [6.07, 6.45) is 5.26. The van der Waals surface area contributed by atoms with Crippen LogP contribution in [0.4, 0.5) is 56.6 Å². The minimum atomic E-state index is -4.78. The maximum absolute atomic E-state index is 12.9. The molecule has 0 saturated carbocycles. The molecule has 0 bridgehead atoms. The minimum absolute atomic E-state index is 0. The predicted molar refractivity (Wildman–Crippen MR) is 526 cm³/mol. The number of anilines is 2. The molecule has 54 heteroatoms. The Hall–Kier alpha value is -8.94. The maximum atomic E-state index is 12.9. The number of benzene rings is 3. The fourth-order valence-corrected chi connectivity index (χ4v) is 12.8. The maximum Gasteiger partial charge on any atom is 0.573 e. The smallest absolute Gasteiger partial charge is 0.483 e. The standard InChI is InChI=1S/C18H14F3N5O2.C14H9BrF3N3O2.C10H17BN2O2.C7H6BF3O3.C7H6BrN3O.C6H7BrClN3.C5HBrCl2N2O2.CH5N.CH2O2.9CH4.2CH3.ClH.2V/c1-24-10-22-15-16(24)14(11-7-23-25(2)8-11)9-26(17(15)27)12-3-5-13(6-4-12)28-18(19,20)21;1-20-7-19-11-12(20)10(15)6-21(13(11)22)8-2-4-9(5-3-8)23-14(16,17)18;1-9(2)10(3,4)15-11(14-9)8-6-12-13(5)7-8;9-7(10,11)14-6-3-1-5(2-4-6)8(12)13;1-11-3-10-5-6(11)4(8)2-9-7(5)12;1-10-5-3(7)2-11-6(8)4(5)9;6-2-1-9-5(8)4(3(2)7)10(11)12;1-2;2-1-3;;;;;;;;;;;;;;/h3-10H,1-2H3;2-7H,1H3;6-7H,1-5H3;1-4,12-13H;2-3H,1H3,(H,9,12);2H,9H2,1H3,(H,10,11);1H;2H2,1H3;1H,(H,2,3);9*1H4;2*1H3;1H;;/q;;;;;;;;;;;;;;;;;;2*-1;;;. The van der Waals surface area contributed by atoms with Gasteiger partial charge >= 0.3 is 39.0 Å². The molecule has 0 atom stereocenters. The third-order valence-electron chi connectivity index (χ3n) is 16.1. The van der Waals surface area contributed by atoms with Crippen molar-refractivity contribution in [2.45, 2.75) is 125 Å². The number of nitrogens with one attached hydrogen (secondary N) is 2. The third-order valence-corrected chi connectivity index (χ3v) is 19.7. The normalized spacial score (nSPS) is 11.1. The molecule has 13 aromatic rings. The molecule has 0 unspecified atom stereocenters. The molecule has 746 valence electrons. The first-order valence-electron chi connectivity index (χ1n) is 33.3. The molecular weight excluding hydrogens is 2210 g/mol. The summed E-state index contributed by atoms with van der Waals surface area (Å²) in [5.74, 6) is -1.12. The molecule has 11 heterocycles. The third kappa shape index (κ3) is 38.9. The Morgan fingerprint density at radius 2 is 0.933 bits per heavy atom. The number of nitro groups is 1. The number of halogens is 17. The largest absolute Gasteiger partial charge is 0.573 e. The van der Waals surface area contributed by atoms with Gasteiger partial charge in [0.25, 0.3) is 23.2 Å². The fraction of sp³-hybridized carbons (Fsp3) is 0.312. The van der Waals surface area contributed by atoms with Crippen LogP contribution in [0, 0.1) is 25.0 Å². The topological polar surface area (TPSA) is 423 Å². The van der Waals surface area contributed by atoms with Gasteiger partial charge in [-0.15, -0.1) is 51.9 Å². The number of ether oxygens (including phenoxy) is 3. The summed E-state index contributed by atoms with van der Waals surface area (Å²) >= 11 is 29.7. The molecule has 3 aromatic carbocycles. The summed E-state index contributed by atoms with van der Waals surface area (Å²) in [5.41, 5.74) is 15.9. The minimum Gasteiger partial charge on any atom is -0.483 e. The van der Waals surface area contributed by atoms with E-state index in [2.05, 4.69) is 129 Å². The Balaban J connectivity index is -0.000000194. The summed E-state index contributed by atoms with van der Waals surface area (Å²) in [4.78, 5) is 76.8. The number of carbonyl (C=O) groups is 1. The first-order valence-corrected chi connectivity index (χ1v) is 37.6. The SMILES string of the molecule is C.C.C.C.C.C.C.C.C.CN.CNc1c(Br)cnc(Cl)c1N.Cl.Cn1cc(-c2cn(-c3ccc(OC(F)(F)F)cc3)c(=O)c3ncn(C)c23)cn1.Cn1cc(B2OC(C)(C)C(C)(C)O2)cn1.Cn1cnc2c(=O)[nH]cc(Br)c21.Cn1cnc2c(=O)n(-c3ccc(OC(F)(F)F)cc3)cc(Br)c21.O=CO.O=[N+]([O-])c1c(Cl)ncc(Br)c1Cl.OB(O)c1ccc(OC(F)(F)F)cc1.[CH3-].[CH3-].[V].[V]. The number of nitrogen functional groups attached to an aromatic ring is 1. The zero-order chi connectivity index (χ0) is 90.0. The molecule has 14 rings (SSSR count). The molecule has 1 saturated heterocycles. The van der Waals surface area contributed by atoms with Gasteiger partial charge in [0.15, 0.2) is 21.7 Å². The van der Waals surface area contributed by atoms with Gasteiger partial charge < -0.3 is 89.0 Å². The van der Waals surface area contributed by atoms with Gasteiger partial charge in [-0.3, -0.25) is 47.8 Å². The molecule has 1 aliphatic rings. The van der Waals surface area contributed by atoms with Gasteiger partial charge in [-0.25, -0.2) is 24.9 Å². The number of hydrogen-bond acceptors (Lipinski definition) is 23. The summed E-state index contributed by atoms with van der Waals surface area (Å²) in [7, 11) is 10.3. The van der Waals surface area contributed by atoms with Crippen LogP contribution in [0.15, 0.2) is 180 Å². The quantitative estimate of drug-likeness (QED) is 0.0127. The second-order valence-corrected chi connectivity index (χ2v) is 29.4. The van der Waals surface area contributed by atoms with Gasteiger partial charge in [0.1, 0.15) is 22.3 Å². The number of rotatable bonds is 10. The van der Waals surface area contributed by atoms with Crippen LogP contribution >= 0.6 is 111 Å². The van der Waals surface area contributed by atoms with Crippen molar-refractivity contribution in [1.29, 1.82) is 0 Å². The monoisotopic (exact) mass is 2310 g/mol. The van der Waals surface area contributed by atoms with E-state index in [1.165, 1.54) is 59.3 Å². The Morgan fingerprint density at radius 1 is 0.567 bits per heavy atom. The molecule has 0 spiro atoms. The Bertz CT molecular complexity index is 5900. The molecule has 33 nitrogen and oxygen atoms in total. The second kappa shape index (κ2) is 62.0. The van der Waals surface area contributed by atoms with E-state index in [1.807, 2.05) is 48.0 Å². The van der Waals surface area contributed by atoms with Crippen LogP contribution in [0.5, 0.6) is 17.2 Å². The van der Waals surface area contributed by atoms with Gasteiger partial charge in [0.05, 0.1) is 87.1 Å². The van der Waals surface area contributed by atoms with Crippen LogP contribution in [0.2, 0.25) is 15.3 Å². The van der Waals surface area contributed by atoms with E-state index >= 15 is 0 Å². The summed E-state index contributed by atoms with van der Waals surface area (Å²) in [6.45, 7) is 7.93. The van der Waals surface area contributed by atoms with Crippen LogP contribution in [0.1, 0.15) is 94.5 Å². The van der Waals surface area contributed by atoms with Gasteiger partial charge in [-0.2, -0.15) is 10.2 Å². The number of H-pyrrole nitrogens is 1. The zero-order valence-corrected chi connectivity index (χ0v) is 79.4. The van der Waals surface area contributed by atoms with E-state index in [0.29, 0.717) is 47.7 Å². The summed E-state index contributed by atoms with van der Waals surface area (Å²) in [6, 6.07) is 14.4. The molecule has 9 N–H and O–H groups in total. The molecule has 0 aliphatic carbocycles. The van der Waals surface area contributed by atoms with Crippen molar-refractivity contribution in [1.82, 2.24) is 72.3 Å². The molecule has 134 heavy (non-hydrogen) atoms. The van der Waals surface area contributed by atoms with Gasteiger partial charge in [0, 0.05) is 157 Å². The van der Waals surface area contributed by atoms with Crippen molar-refractivity contribution in [3.05, 3.63) is 237 Å². The predicted octanol–water partition coefficient (Wildman–Crippen LogP) is 19.9. The zero-order valence-electron chi connectivity index (χ0n) is 67.1. The molecule has 2 radical (unpaired) electrons. The van der Waals surface area contributed by atoms with E-state index in [0.717, 1.165) is 85.3 Å². The first-order chi connectivity index (χ1) is 56.0. The number of fused-ring (bicyclic) bond motifs is 3. The average molecular weight is 2320 g/mol. The Morgan fingerprint density at radius 3 is 1.29 bits per heavy atom. The van der Waals surface area contributed by atoms with Gasteiger partial charge in [-0.1, -0.05) is 114 Å². The number of alkyl halides is 9. The van der Waals surface area contributed by atoms with E-state index in [4.69, 9.17) is 69.8 Å². The first kappa shape index (κ1) is 143. The molecule has 0 amide bonds. The van der Waals surface area contributed by atoms with Crippen LogP contribution in [-0.2, 0) is 86.5 Å². The van der Waals surface area contributed by atoms with Crippen LogP contribution in [0.25, 0.3) is 55.6 Å². The fourth-order valence-electron chi connectivity index (χ4n) is 10.1. The number of aromatic nitrogens is 15. The van der Waals surface area contributed by atoms with Crippen LogP contribution in [0.3, 0.4) is 0 Å². The number of hydrogen-bond donors (Lipinski definition) is 7. The number of pyridine rings is 5. The molecule has 1 aliphatic heterocycles. The Labute approximate surface area is 850 Å². The number of aryl methyl sites for hydroxylation is 5. The number of nitrogens with two attached hydrogens (primary N) is 2. The van der Waals surface area contributed by atoms with E-state index in [9.17, 15) is 64.0 Å². The summed E-state index contributed by atoms with van der Waals surface area (Å²) < 4.78 is 146. The van der Waals surface area contributed by atoms with Crippen molar-refractivity contribution in [3.63, 3.8) is 0 Å².